The molecule has 0 unspecified atom stereocenters. The highest BCUT2D eigenvalue weighted by atomic mass is 16.6. The first kappa shape index (κ1) is 15.3. The molecule has 0 aliphatic rings. The molecule has 0 bridgehead atoms. The minimum absolute atomic E-state index is 0.112. The molecule has 5 nitrogen and oxygen atoms in total. The molecule has 0 saturated heterocycles. The van der Waals surface area contributed by atoms with Gasteiger partial charge in [-0.15, -0.1) is 6.42 Å². The second-order valence-electron chi connectivity index (χ2n) is 4.63. The first-order chi connectivity index (χ1) is 7.76. The zero-order valence-corrected chi connectivity index (χ0v) is 10.9. The van der Waals surface area contributed by atoms with Crippen LogP contribution in [-0.2, 0) is 9.53 Å². The molecule has 17 heavy (non-hydrogen) atoms. The summed E-state index contributed by atoms with van der Waals surface area (Å²) in [6.07, 6.45) is 4.76. The van der Waals surface area contributed by atoms with E-state index in [1.54, 1.807) is 27.8 Å². The van der Waals surface area contributed by atoms with Crippen molar-refractivity contribution in [3.63, 3.8) is 0 Å². The Morgan fingerprint density at radius 2 is 2.00 bits per heavy atom. The molecular formula is C12H20N2O3. The number of amides is 2. The smallest absolute Gasteiger partial charge is 0.407 e. The van der Waals surface area contributed by atoms with Crippen LogP contribution in [0.3, 0.4) is 0 Å². The van der Waals surface area contributed by atoms with Gasteiger partial charge in [0, 0.05) is 20.0 Å². The average molecular weight is 240 g/mol. The van der Waals surface area contributed by atoms with Crippen molar-refractivity contribution in [2.24, 2.45) is 0 Å². The molecule has 0 fully saturated rings. The number of hydrogen-bond donors (Lipinski definition) is 1. The fourth-order valence-corrected chi connectivity index (χ4v) is 1.00. The maximum Gasteiger partial charge on any atom is 0.407 e. The molecule has 0 aromatic heterocycles. The van der Waals surface area contributed by atoms with Gasteiger partial charge in [0.15, 0.2) is 0 Å². The van der Waals surface area contributed by atoms with Crippen LogP contribution in [0.2, 0.25) is 0 Å². The molecule has 96 valence electrons. The number of nitrogens with one attached hydrogen (secondary N) is 1. The maximum absolute atomic E-state index is 11.4. The fourth-order valence-electron chi connectivity index (χ4n) is 1.00. The maximum atomic E-state index is 11.4. The largest absolute Gasteiger partial charge is 0.444 e. The summed E-state index contributed by atoms with van der Waals surface area (Å²) in [5.74, 6) is 2.26. The molecule has 2 amide bonds. The van der Waals surface area contributed by atoms with Crippen LogP contribution in [0.5, 0.6) is 0 Å². The minimum Gasteiger partial charge on any atom is -0.444 e. The van der Waals surface area contributed by atoms with Crippen molar-refractivity contribution >= 4 is 12.0 Å². The van der Waals surface area contributed by atoms with E-state index in [1.807, 2.05) is 0 Å². The monoisotopic (exact) mass is 240 g/mol. The van der Waals surface area contributed by atoms with E-state index in [1.165, 1.54) is 4.90 Å². The van der Waals surface area contributed by atoms with Gasteiger partial charge in [-0.2, -0.15) is 0 Å². The number of hydrogen-bond acceptors (Lipinski definition) is 3. The highest BCUT2D eigenvalue weighted by molar-refractivity contribution is 5.77. The summed E-state index contributed by atoms with van der Waals surface area (Å²) < 4.78 is 5.02. The van der Waals surface area contributed by atoms with Crippen LogP contribution >= 0.6 is 0 Å². The second-order valence-corrected chi connectivity index (χ2v) is 4.63. The number of alkyl carbamates (subject to hydrolysis) is 1. The Morgan fingerprint density at radius 3 is 2.47 bits per heavy atom. The Hall–Kier alpha value is -1.70. The molecular weight excluding hydrogens is 220 g/mol. The molecule has 5 heteroatoms. The summed E-state index contributed by atoms with van der Waals surface area (Å²) in [6, 6.07) is 0. The molecule has 0 radical (unpaired) electrons. The van der Waals surface area contributed by atoms with Gasteiger partial charge in [0.05, 0.1) is 6.54 Å². The van der Waals surface area contributed by atoms with E-state index >= 15 is 0 Å². The molecule has 0 heterocycles. The van der Waals surface area contributed by atoms with Crippen molar-refractivity contribution in [3.8, 4) is 12.3 Å². The first-order valence-corrected chi connectivity index (χ1v) is 5.40. The third-order valence-corrected chi connectivity index (χ3v) is 1.76. The van der Waals surface area contributed by atoms with Crippen molar-refractivity contribution in [1.29, 1.82) is 0 Å². The van der Waals surface area contributed by atoms with Crippen LogP contribution in [0.1, 0.15) is 27.2 Å². The van der Waals surface area contributed by atoms with Gasteiger partial charge in [-0.1, -0.05) is 5.92 Å². The van der Waals surface area contributed by atoms with Crippen LogP contribution in [0.15, 0.2) is 0 Å². The van der Waals surface area contributed by atoms with Gasteiger partial charge in [-0.25, -0.2) is 4.79 Å². The lowest BCUT2D eigenvalue weighted by Gasteiger charge is -2.20. The third kappa shape index (κ3) is 8.14. The third-order valence-electron chi connectivity index (χ3n) is 1.76. The Bertz CT molecular complexity index is 313. The topological polar surface area (TPSA) is 58.6 Å². The van der Waals surface area contributed by atoms with Crippen LogP contribution in [-0.4, -0.2) is 42.6 Å². The molecule has 0 saturated carbocycles. The number of terminal acetylenes is 1. The van der Waals surface area contributed by atoms with Gasteiger partial charge in [0.25, 0.3) is 0 Å². The quantitative estimate of drug-likeness (QED) is 0.746. The second kappa shape index (κ2) is 6.79. The van der Waals surface area contributed by atoms with Crippen molar-refractivity contribution < 1.29 is 14.3 Å². The molecule has 0 atom stereocenters. The Kier molecular flexibility index (Phi) is 6.11. The van der Waals surface area contributed by atoms with Crippen LogP contribution < -0.4 is 5.32 Å². The predicted molar refractivity (Wildman–Crippen MR) is 65.3 cm³/mol. The summed E-state index contributed by atoms with van der Waals surface area (Å²) in [4.78, 5) is 24.1. The lowest BCUT2D eigenvalue weighted by molar-refractivity contribution is -0.129. The van der Waals surface area contributed by atoms with Gasteiger partial charge < -0.3 is 15.0 Å². The van der Waals surface area contributed by atoms with Crippen molar-refractivity contribution in [2.75, 3.05) is 20.1 Å². The number of ether oxygens (including phenoxy) is 1. The number of nitrogens with zero attached hydrogens (tertiary/aromatic N) is 1. The van der Waals surface area contributed by atoms with Crippen molar-refractivity contribution in [3.05, 3.63) is 0 Å². The normalized spacial score (nSPS) is 10.3. The molecule has 0 spiro atoms. The van der Waals surface area contributed by atoms with Crippen LogP contribution in [0.4, 0.5) is 4.79 Å². The number of carbonyl (C=O) groups is 2. The lowest BCUT2D eigenvalue weighted by Crippen LogP contribution is -2.35. The SMILES string of the molecule is C#CCN(C)C(=O)CCNC(=O)OC(C)(C)C. The Morgan fingerprint density at radius 1 is 1.41 bits per heavy atom. The molecule has 0 aromatic rings. The van der Waals surface area contributed by atoms with Crippen molar-refractivity contribution in [2.45, 2.75) is 32.8 Å². The molecule has 0 rings (SSSR count). The van der Waals surface area contributed by atoms with E-state index in [4.69, 9.17) is 11.2 Å². The lowest BCUT2D eigenvalue weighted by atomic mass is 10.2. The minimum atomic E-state index is -0.533. The highest BCUT2D eigenvalue weighted by Gasteiger charge is 2.16. The van der Waals surface area contributed by atoms with E-state index in [0.29, 0.717) is 0 Å². The molecule has 0 aromatic carbocycles. The van der Waals surface area contributed by atoms with E-state index in [0.717, 1.165) is 0 Å². The number of carbonyl (C=O) groups excluding carboxylic acids is 2. The predicted octanol–water partition coefficient (Wildman–Crippen LogP) is 0.993. The van der Waals surface area contributed by atoms with E-state index in [9.17, 15) is 9.59 Å². The van der Waals surface area contributed by atoms with Crippen LogP contribution in [0.25, 0.3) is 0 Å². The zero-order chi connectivity index (χ0) is 13.5. The van der Waals surface area contributed by atoms with Gasteiger partial charge in [-0.05, 0) is 20.8 Å². The molecule has 1 N–H and O–H groups in total. The Labute approximate surface area is 102 Å². The standard InChI is InChI=1S/C12H20N2O3/c1-6-9-14(5)10(15)7-8-13-11(16)17-12(2,3)4/h1H,7-9H2,2-5H3,(H,13,16). The van der Waals surface area contributed by atoms with Gasteiger partial charge >= 0.3 is 6.09 Å². The summed E-state index contributed by atoms with van der Waals surface area (Å²) in [5.41, 5.74) is -0.533. The van der Waals surface area contributed by atoms with Gasteiger partial charge in [-0.3, -0.25) is 4.79 Å². The fraction of sp³-hybridized carbons (Fsp3) is 0.667. The molecule has 0 aliphatic heterocycles. The highest BCUT2D eigenvalue weighted by Crippen LogP contribution is 2.06. The zero-order valence-electron chi connectivity index (χ0n) is 10.9. The van der Waals surface area contributed by atoms with Crippen molar-refractivity contribution in [1.82, 2.24) is 10.2 Å². The summed E-state index contributed by atoms with van der Waals surface area (Å²) in [7, 11) is 1.62. The van der Waals surface area contributed by atoms with E-state index < -0.39 is 11.7 Å². The van der Waals surface area contributed by atoms with E-state index in [-0.39, 0.29) is 25.4 Å². The Balaban J connectivity index is 3.82. The molecule has 0 aliphatic carbocycles. The van der Waals surface area contributed by atoms with Gasteiger partial charge in [0.1, 0.15) is 5.60 Å². The van der Waals surface area contributed by atoms with Gasteiger partial charge in [0.2, 0.25) is 5.91 Å². The number of rotatable bonds is 4. The summed E-state index contributed by atoms with van der Waals surface area (Å²) >= 11 is 0. The van der Waals surface area contributed by atoms with Crippen LogP contribution in [0, 0.1) is 12.3 Å². The average Bonchev–Trinajstić information content (AvgIpc) is 2.14. The first-order valence-electron chi connectivity index (χ1n) is 5.40. The summed E-state index contributed by atoms with van der Waals surface area (Å²) in [5, 5.41) is 2.51. The summed E-state index contributed by atoms with van der Waals surface area (Å²) in [6.45, 7) is 5.84. The van der Waals surface area contributed by atoms with E-state index in [2.05, 4.69) is 11.2 Å².